The van der Waals surface area contributed by atoms with Crippen molar-refractivity contribution in [2.24, 2.45) is 0 Å². The number of methoxy groups -OCH3 is 3. The maximum Gasteiger partial charge on any atom is 0.226 e. The van der Waals surface area contributed by atoms with Gasteiger partial charge in [-0.1, -0.05) is 97.1 Å². The SMILES string of the molecule is COc1ccc(CNc2nc3c(OC)cccc3c3nc(C4CCCN(c5cnn(C(c6ccccc6)(c6ccccc6)c6ccccc6)c5)C4)nn23)c(OC)c1. The summed E-state index contributed by atoms with van der Waals surface area (Å²) in [7, 11) is 4.96. The van der Waals surface area contributed by atoms with E-state index in [1.54, 1.807) is 21.3 Å². The molecule has 1 aliphatic heterocycles. The van der Waals surface area contributed by atoms with Crippen LogP contribution in [0.5, 0.6) is 17.2 Å². The highest BCUT2D eigenvalue weighted by molar-refractivity contribution is 5.96. The van der Waals surface area contributed by atoms with Crippen LogP contribution in [-0.4, -0.2) is 63.8 Å². The summed E-state index contributed by atoms with van der Waals surface area (Å²) in [6, 6.07) is 43.6. The smallest absolute Gasteiger partial charge is 0.226 e. The number of aromatic nitrogens is 6. The van der Waals surface area contributed by atoms with Gasteiger partial charge in [-0.15, -0.1) is 5.10 Å². The third-order valence-electron chi connectivity index (χ3n) is 11.1. The quantitative estimate of drug-likeness (QED) is 0.123. The first-order valence-corrected chi connectivity index (χ1v) is 19.3. The van der Waals surface area contributed by atoms with E-state index in [0.717, 1.165) is 82.2 Å². The molecule has 9 rings (SSSR count). The number of ether oxygens (including phenoxy) is 3. The van der Waals surface area contributed by atoms with Crippen LogP contribution in [0, 0.1) is 0 Å². The van der Waals surface area contributed by atoms with E-state index in [0.29, 0.717) is 23.8 Å². The number of rotatable bonds is 12. The first-order chi connectivity index (χ1) is 28.1. The second-order valence-corrected chi connectivity index (χ2v) is 14.3. The molecule has 11 nitrogen and oxygen atoms in total. The van der Waals surface area contributed by atoms with Crippen LogP contribution >= 0.6 is 0 Å². The first kappa shape index (κ1) is 35.8. The minimum absolute atomic E-state index is 0.0827. The normalized spacial score (nSPS) is 14.5. The highest BCUT2D eigenvalue weighted by Crippen LogP contribution is 2.42. The Balaban J connectivity index is 1.07. The summed E-state index contributed by atoms with van der Waals surface area (Å²) in [5.41, 5.74) is 6.17. The second kappa shape index (κ2) is 15.3. The Morgan fingerprint density at radius 1 is 0.737 bits per heavy atom. The largest absolute Gasteiger partial charge is 0.497 e. The highest BCUT2D eigenvalue weighted by Gasteiger charge is 2.40. The molecule has 0 amide bonds. The Labute approximate surface area is 331 Å². The number of piperidine rings is 1. The number of hydrogen-bond acceptors (Lipinski definition) is 9. The van der Waals surface area contributed by atoms with E-state index < -0.39 is 5.54 Å². The van der Waals surface area contributed by atoms with E-state index in [-0.39, 0.29) is 5.92 Å². The van der Waals surface area contributed by atoms with Gasteiger partial charge in [-0.05, 0) is 53.8 Å². The molecule has 0 spiro atoms. The Bertz CT molecular complexity index is 2530. The molecular weight excluding hydrogens is 713 g/mol. The minimum Gasteiger partial charge on any atom is -0.497 e. The van der Waals surface area contributed by atoms with Gasteiger partial charge in [-0.2, -0.15) is 9.61 Å². The second-order valence-electron chi connectivity index (χ2n) is 14.3. The van der Waals surface area contributed by atoms with Gasteiger partial charge in [0, 0.05) is 42.6 Å². The van der Waals surface area contributed by atoms with Gasteiger partial charge in [0.15, 0.2) is 11.5 Å². The van der Waals surface area contributed by atoms with Gasteiger partial charge in [0.25, 0.3) is 0 Å². The van der Waals surface area contributed by atoms with Crippen molar-refractivity contribution in [3.8, 4) is 17.2 Å². The van der Waals surface area contributed by atoms with Crippen molar-refractivity contribution >= 4 is 28.2 Å². The zero-order chi connectivity index (χ0) is 38.8. The average molecular weight is 757 g/mol. The van der Waals surface area contributed by atoms with Crippen LogP contribution < -0.4 is 24.4 Å². The number of benzene rings is 5. The standard InChI is InChI=1S/C46H44N8O3/c1-55-38-25-24-32(41(27-38)57-3)28-47-45-49-42-39(22-13-23-40(42)56-2)44-50-43(51-54(44)45)33-15-14-26-52(30-33)37-29-48-53(31-37)46(34-16-7-4-8-17-34,35-18-9-5-10-19-35)36-20-11-6-12-21-36/h4-13,16-25,27,29,31,33H,14-15,26,28,30H2,1-3H3,(H,47,49). The van der Waals surface area contributed by atoms with Crippen molar-refractivity contribution in [1.29, 1.82) is 0 Å². The van der Waals surface area contributed by atoms with E-state index in [1.807, 2.05) is 47.1 Å². The number of nitrogens with zero attached hydrogens (tertiary/aromatic N) is 7. The lowest BCUT2D eigenvalue weighted by molar-refractivity contribution is 0.391. The third-order valence-corrected chi connectivity index (χ3v) is 11.1. The highest BCUT2D eigenvalue weighted by atomic mass is 16.5. The van der Waals surface area contributed by atoms with Crippen LogP contribution in [0.1, 0.15) is 46.8 Å². The number of hydrogen-bond donors (Lipinski definition) is 1. The van der Waals surface area contributed by atoms with Crippen LogP contribution in [0.2, 0.25) is 0 Å². The summed E-state index contributed by atoms with van der Waals surface area (Å²) in [5.74, 6) is 3.54. The van der Waals surface area contributed by atoms with Gasteiger partial charge in [0.05, 0.1) is 39.4 Å². The molecule has 286 valence electrons. The lowest BCUT2D eigenvalue weighted by atomic mass is 9.77. The Morgan fingerprint density at radius 3 is 2.07 bits per heavy atom. The molecule has 0 radical (unpaired) electrons. The molecule has 11 heteroatoms. The molecule has 1 N–H and O–H groups in total. The van der Waals surface area contributed by atoms with Crippen LogP contribution in [0.15, 0.2) is 140 Å². The van der Waals surface area contributed by atoms with Gasteiger partial charge in [0.1, 0.15) is 28.3 Å². The molecule has 4 heterocycles. The summed E-state index contributed by atoms with van der Waals surface area (Å²) >= 11 is 0. The third kappa shape index (κ3) is 6.44. The van der Waals surface area contributed by atoms with Crippen LogP contribution in [0.4, 0.5) is 11.6 Å². The van der Waals surface area contributed by atoms with Crippen molar-refractivity contribution < 1.29 is 14.2 Å². The summed E-state index contributed by atoms with van der Waals surface area (Å²) in [4.78, 5) is 12.7. The summed E-state index contributed by atoms with van der Waals surface area (Å²) in [6.07, 6.45) is 6.15. The van der Waals surface area contributed by atoms with Gasteiger partial charge in [0.2, 0.25) is 5.95 Å². The fourth-order valence-corrected chi connectivity index (χ4v) is 8.26. The molecule has 3 aromatic heterocycles. The fourth-order valence-electron chi connectivity index (χ4n) is 8.26. The Hall–Kier alpha value is -6.88. The molecule has 1 atom stereocenters. The molecule has 1 aliphatic rings. The predicted octanol–water partition coefficient (Wildman–Crippen LogP) is 8.34. The molecule has 5 aromatic carbocycles. The summed E-state index contributed by atoms with van der Waals surface area (Å²) in [6.45, 7) is 2.10. The van der Waals surface area contributed by atoms with Crippen LogP contribution in [0.25, 0.3) is 16.6 Å². The molecule has 1 saturated heterocycles. The topological polar surface area (TPSA) is 104 Å². The zero-order valence-corrected chi connectivity index (χ0v) is 32.2. The van der Waals surface area contributed by atoms with Crippen LogP contribution in [-0.2, 0) is 12.1 Å². The average Bonchev–Trinajstić information content (AvgIpc) is 3.97. The number of para-hydroxylation sites is 1. The molecule has 8 aromatic rings. The molecular formula is C46H44N8O3. The number of nitrogens with one attached hydrogen (secondary N) is 1. The van der Waals surface area contributed by atoms with Gasteiger partial charge >= 0.3 is 0 Å². The minimum atomic E-state index is -0.686. The zero-order valence-electron chi connectivity index (χ0n) is 32.2. The maximum atomic E-state index is 5.76. The Morgan fingerprint density at radius 2 is 1.42 bits per heavy atom. The van der Waals surface area contributed by atoms with Gasteiger partial charge in [-0.3, -0.25) is 4.68 Å². The molecule has 0 aliphatic carbocycles. The van der Waals surface area contributed by atoms with Crippen molar-refractivity contribution in [3.63, 3.8) is 0 Å². The molecule has 1 fully saturated rings. The summed E-state index contributed by atoms with van der Waals surface area (Å²) < 4.78 is 20.8. The van der Waals surface area contributed by atoms with E-state index in [4.69, 9.17) is 34.4 Å². The van der Waals surface area contributed by atoms with Crippen molar-refractivity contribution in [2.75, 3.05) is 44.6 Å². The summed E-state index contributed by atoms with van der Waals surface area (Å²) in [5, 5.41) is 14.7. The lowest BCUT2D eigenvalue weighted by Gasteiger charge is -2.36. The van der Waals surface area contributed by atoms with Crippen LogP contribution in [0.3, 0.4) is 0 Å². The van der Waals surface area contributed by atoms with Gasteiger partial charge in [-0.25, -0.2) is 9.97 Å². The maximum absolute atomic E-state index is 5.76. The fraction of sp³-hybridized carbons (Fsp3) is 0.217. The molecule has 57 heavy (non-hydrogen) atoms. The van der Waals surface area contributed by atoms with Gasteiger partial charge < -0.3 is 24.4 Å². The molecule has 1 unspecified atom stereocenters. The monoisotopic (exact) mass is 756 g/mol. The predicted molar refractivity (Wildman–Crippen MR) is 223 cm³/mol. The van der Waals surface area contributed by atoms with E-state index in [1.165, 1.54) is 0 Å². The van der Waals surface area contributed by atoms with E-state index in [9.17, 15) is 0 Å². The lowest BCUT2D eigenvalue weighted by Crippen LogP contribution is -2.38. The first-order valence-electron chi connectivity index (χ1n) is 19.3. The number of anilines is 2. The molecule has 0 saturated carbocycles. The van der Waals surface area contributed by atoms with E-state index >= 15 is 0 Å². The number of fused-ring (bicyclic) bond motifs is 3. The van der Waals surface area contributed by atoms with E-state index in [2.05, 4.69) is 112 Å². The van der Waals surface area contributed by atoms with Crippen molar-refractivity contribution in [2.45, 2.75) is 30.8 Å². The molecule has 0 bridgehead atoms. The van der Waals surface area contributed by atoms with Crippen molar-refractivity contribution in [1.82, 2.24) is 29.4 Å². The Kier molecular flexibility index (Phi) is 9.63. The van der Waals surface area contributed by atoms with Crippen molar-refractivity contribution in [3.05, 3.63) is 168 Å².